The molecule has 6 aromatic rings. The van der Waals surface area contributed by atoms with Gasteiger partial charge < -0.3 is 22.5 Å². The van der Waals surface area contributed by atoms with Crippen molar-refractivity contribution in [2.45, 2.75) is 41.5 Å². The standard InChI is InChI=1S/6C3H4N2O/c1-3-5-4-2-6-3;1-3-4-2-6-5-3;1-3-4-2-5-6-3;1-3-2-6-5-4-3;1-3-2-4-5-6-3;1-3-2-4-6-5-3/h6*2H,1H3. The Morgan fingerprint density at radius 2 is 1.50 bits per heavy atom. The third-order valence-corrected chi connectivity index (χ3v) is 2.82. The highest BCUT2D eigenvalue weighted by Gasteiger charge is 1.82. The highest BCUT2D eigenvalue weighted by molar-refractivity contribution is 4.81. The molecule has 0 saturated heterocycles. The lowest BCUT2D eigenvalue weighted by Gasteiger charge is -1.63. The summed E-state index contributed by atoms with van der Waals surface area (Å²) in [5.74, 6) is 2.63. The van der Waals surface area contributed by atoms with Gasteiger partial charge in [0, 0.05) is 24.4 Å². The number of rotatable bonds is 0. The maximum absolute atomic E-state index is 4.61. The van der Waals surface area contributed by atoms with Gasteiger partial charge in [-0.1, -0.05) is 20.6 Å². The number of nitrogens with zero attached hydrogens (tertiary/aromatic N) is 12. The lowest BCUT2D eigenvalue weighted by atomic mass is 10.6. The van der Waals surface area contributed by atoms with E-state index in [4.69, 9.17) is 0 Å². The van der Waals surface area contributed by atoms with Gasteiger partial charge in [0.25, 0.3) is 0 Å². The summed E-state index contributed by atoms with van der Waals surface area (Å²) < 4.78 is 26.5. The molecule has 0 unspecified atom stereocenters. The molecule has 6 heterocycles. The van der Waals surface area contributed by atoms with Gasteiger partial charge in [0.1, 0.15) is 17.7 Å². The molecule has 0 aliphatic rings. The van der Waals surface area contributed by atoms with Crippen molar-refractivity contribution in [2.24, 2.45) is 0 Å². The second-order valence-electron chi connectivity index (χ2n) is 6.02. The molecule has 18 nitrogen and oxygen atoms in total. The summed E-state index contributed by atoms with van der Waals surface area (Å²) in [5, 5.41) is 33.7. The maximum atomic E-state index is 4.61. The van der Waals surface area contributed by atoms with E-state index in [-0.39, 0.29) is 0 Å². The lowest BCUT2D eigenvalue weighted by Crippen LogP contribution is -1.66. The first-order valence-corrected chi connectivity index (χ1v) is 9.77. The van der Waals surface area contributed by atoms with E-state index in [0.717, 1.165) is 17.1 Å². The Balaban J connectivity index is 0.000000216. The van der Waals surface area contributed by atoms with Crippen LogP contribution in [0, 0.1) is 41.5 Å². The van der Waals surface area contributed by atoms with E-state index in [2.05, 4.69) is 88.7 Å². The zero-order valence-electron chi connectivity index (χ0n) is 20.3. The topological polar surface area (TPSA) is 234 Å². The molecule has 36 heavy (non-hydrogen) atoms. The van der Waals surface area contributed by atoms with E-state index in [1.54, 1.807) is 40.1 Å². The van der Waals surface area contributed by atoms with Gasteiger partial charge in [-0.2, -0.15) is 9.97 Å². The molecule has 0 saturated carbocycles. The van der Waals surface area contributed by atoms with Crippen LogP contribution in [0.5, 0.6) is 0 Å². The van der Waals surface area contributed by atoms with Crippen LogP contribution in [0.3, 0.4) is 0 Å². The smallest absolute Gasteiger partial charge is 0.223 e. The molecule has 6 rings (SSSR count). The Bertz CT molecular complexity index is 924. The lowest BCUT2D eigenvalue weighted by molar-refractivity contribution is 0.304. The predicted octanol–water partition coefficient (Wildman–Crippen LogP) is 2.27. The van der Waals surface area contributed by atoms with Crippen LogP contribution in [0.1, 0.15) is 34.8 Å². The van der Waals surface area contributed by atoms with Crippen LogP contribution in [-0.2, 0) is 0 Å². The summed E-state index contributed by atoms with van der Waals surface area (Å²) in [7, 11) is 0. The third kappa shape index (κ3) is 16.5. The van der Waals surface area contributed by atoms with Crippen molar-refractivity contribution in [2.75, 3.05) is 0 Å². The van der Waals surface area contributed by atoms with Crippen LogP contribution in [0.4, 0.5) is 0 Å². The first-order valence-electron chi connectivity index (χ1n) is 9.77. The molecule has 0 aliphatic heterocycles. The van der Waals surface area contributed by atoms with Crippen molar-refractivity contribution >= 4 is 0 Å². The summed E-state index contributed by atoms with van der Waals surface area (Å²) >= 11 is 0. The number of hydrogen-bond acceptors (Lipinski definition) is 18. The minimum atomic E-state index is 0.606. The van der Waals surface area contributed by atoms with E-state index >= 15 is 0 Å². The Labute approximate surface area is 203 Å². The van der Waals surface area contributed by atoms with E-state index in [0.29, 0.717) is 17.6 Å². The van der Waals surface area contributed by atoms with Crippen molar-refractivity contribution in [3.8, 4) is 0 Å². The summed E-state index contributed by atoms with van der Waals surface area (Å²) in [6, 6.07) is 0. The van der Waals surface area contributed by atoms with Crippen LogP contribution in [0.25, 0.3) is 0 Å². The minimum absolute atomic E-state index is 0.606. The molecule has 18 heteroatoms. The zero-order valence-corrected chi connectivity index (χ0v) is 20.3. The van der Waals surface area contributed by atoms with Crippen LogP contribution in [0.15, 0.2) is 64.9 Å². The molecule has 192 valence electrons. The molecule has 0 spiro atoms. The second-order valence-corrected chi connectivity index (χ2v) is 6.02. The third-order valence-electron chi connectivity index (χ3n) is 2.82. The Kier molecular flexibility index (Phi) is 14.7. The number of aromatic nitrogens is 12. The fraction of sp³-hybridized carbons (Fsp3) is 0.333. The minimum Gasteiger partial charge on any atom is -0.428 e. The molecule has 0 amide bonds. The van der Waals surface area contributed by atoms with Crippen molar-refractivity contribution in [1.29, 1.82) is 0 Å². The largest absolute Gasteiger partial charge is 0.428 e. The highest BCUT2D eigenvalue weighted by atomic mass is 16.6. The highest BCUT2D eigenvalue weighted by Crippen LogP contribution is 1.85. The van der Waals surface area contributed by atoms with E-state index in [1.807, 2.05) is 13.8 Å². The van der Waals surface area contributed by atoms with Gasteiger partial charge in [-0.05, 0) is 27.7 Å². The zero-order chi connectivity index (χ0) is 26.4. The molecular formula is C18H24N12O6. The van der Waals surface area contributed by atoms with Crippen molar-refractivity contribution < 1.29 is 27.1 Å². The van der Waals surface area contributed by atoms with Crippen LogP contribution in [-0.4, -0.2) is 61.5 Å². The Morgan fingerprint density at radius 1 is 0.667 bits per heavy atom. The fourth-order valence-corrected chi connectivity index (χ4v) is 1.32. The van der Waals surface area contributed by atoms with Crippen LogP contribution < -0.4 is 0 Å². The van der Waals surface area contributed by atoms with Gasteiger partial charge in [0.15, 0.2) is 17.9 Å². The molecule has 0 N–H and O–H groups in total. The van der Waals surface area contributed by atoms with Crippen LogP contribution in [0.2, 0.25) is 0 Å². The SMILES string of the molecule is Cc1cnno1.Cc1cnon1.Cc1conn1.Cc1ncno1.Cc1ncon1.Cc1nnco1. The van der Waals surface area contributed by atoms with Crippen molar-refractivity contribution in [3.05, 3.63) is 72.5 Å². The fourth-order valence-electron chi connectivity index (χ4n) is 1.32. The molecule has 0 atom stereocenters. The molecule has 0 radical (unpaired) electrons. The normalized spacial score (nSPS) is 8.83. The maximum Gasteiger partial charge on any atom is 0.223 e. The van der Waals surface area contributed by atoms with Gasteiger partial charge in [0.05, 0.1) is 12.4 Å². The summed E-state index contributed by atoms with van der Waals surface area (Å²) in [6.07, 6.45) is 8.57. The molecule has 0 bridgehead atoms. The number of aryl methyl sites for hydroxylation is 6. The van der Waals surface area contributed by atoms with Gasteiger partial charge in [-0.25, -0.2) is 4.63 Å². The predicted molar refractivity (Wildman–Crippen MR) is 114 cm³/mol. The summed E-state index contributed by atoms with van der Waals surface area (Å²) in [5.41, 5.74) is 1.63. The quantitative estimate of drug-likeness (QED) is 0.288. The summed E-state index contributed by atoms with van der Waals surface area (Å²) in [4.78, 5) is 7.28. The Morgan fingerprint density at radius 3 is 1.67 bits per heavy atom. The van der Waals surface area contributed by atoms with Gasteiger partial charge in [0.2, 0.25) is 24.6 Å². The Hall–Kier alpha value is -5.16. The van der Waals surface area contributed by atoms with Gasteiger partial charge in [-0.15, -0.1) is 20.4 Å². The van der Waals surface area contributed by atoms with Gasteiger partial charge in [-0.3, -0.25) is 0 Å². The van der Waals surface area contributed by atoms with Crippen molar-refractivity contribution in [1.82, 2.24) is 61.5 Å². The second kappa shape index (κ2) is 18.3. The molecule has 0 aromatic carbocycles. The van der Waals surface area contributed by atoms with E-state index in [1.165, 1.54) is 25.4 Å². The monoisotopic (exact) mass is 504 g/mol. The van der Waals surface area contributed by atoms with Gasteiger partial charge >= 0.3 is 0 Å². The van der Waals surface area contributed by atoms with E-state index in [9.17, 15) is 0 Å². The van der Waals surface area contributed by atoms with Crippen molar-refractivity contribution in [3.63, 3.8) is 0 Å². The summed E-state index contributed by atoms with van der Waals surface area (Å²) in [6.45, 7) is 10.7. The van der Waals surface area contributed by atoms with E-state index < -0.39 is 0 Å². The first kappa shape index (κ1) is 28.9. The molecule has 0 aliphatic carbocycles. The molecule has 6 aromatic heterocycles. The molecular weight excluding hydrogens is 480 g/mol. The van der Waals surface area contributed by atoms with Crippen LogP contribution >= 0.6 is 0 Å². The average molecular weight is 504 g/mol. The number of hydrogen-bond donors (Lipinski definition) is 0. The average Bonchev–Trinajstić information content (AvgIpc) is 3.67. The first-order chi connectivity index (χ1) is 17.4. The molecule has 0 fully saturated rings.